The van der Waals surface area contributed by atoms with Crippen molar-refractivity contribution in [2.45, 2.75) is 13.3 Å². The molecule has 0 radical (unpaired) electrons. The molecular weight excluding hydrogens is 340 g/mol. The number of halogens is 2. The number of rotatable bonds is 5. The second kappa shape index (κ2) is 9.35. The number of anilines is 1. The predicted octanol–water partition coefficient (Wildman–Crippen LogP) is 1.53. The minimum atomic E-state index is -0.440. The van der Waals surface area contributed by atoms with Crippen LogP contribution in [0.3, 0.4) is 0 Å². The van der Waals surface area contributed by atoms with Gasteiger partial charge in [-0.1, -0.05) is 0 Å². The van der Waals surface area contributed by atoms with E-state index in [1.54, 1.807) is 19.0 Å². The van der Waals surface area contributed by atoms with E-state index in [1.807, 2.05) is 11.8 Å². The van der Waals surface area contributed by atoms with Crippen molar-refractivity contribution in [2.24, 2.45) is 4.99 Å². The zero-order chi connectivity index (χ0) is 19.1. The highest BCUT2D eigenvalue weighted by Gasteiger charge is 2.22. The molecule has 0 aromatic heterocycles. The first kappa shape index (κ1) is 19.9. The molecule has 1 aromatic carbocycles. The molecule has 1 fully saturated rings. The Morgan fingerprint density at radius 1 is 1.23 bits per heavy atom. The quantitative estimate of drug-likeness (QED) is 0.634. The van der Waals surface area contributed by atoms with Crippen LogP contribution in [-0.4, -0.2) is 75.0 Å². The van der Waals surface area contributed by atoms with Gasteiger partial charge in [0.05, 0.1) is 12.2 Å². The summed E-state index contributed by atoms with van der Waals surface area (Å²) in [6, 6.07) is 3.52. The summed E-state index contributed by atoms with van der Waals surface area (Å²) in [5.41, 5.74) is 0.295. The maximum absolute atomic E-state index is 13.9. The Hall–Kier alpha value is -2.38. The second-order valence-electron chi connectivity index (χ2n) is 6.34. The van der Waals surface area contributed by atoms with Crippen molar-refractivity contribution in [2.75, 3.05) is 58.3 Å². The van der Waals surface area contributed by atoms with Crippen molar-refractivity contribution in [3.63, 3.8) is 0 Å². The van der Waals surface area contributed by atoms with E-state index in [1.165, 1.54) is 6.07 Å². The topological polar surface area (TPSA) is 51.2 Å². The van der Waals surface area contributed by atoms with Crippen LogP contribution in [0.15, 0.2) is 23.2 Å². The fourth-order valence-electron chi connectivity index (χ4n) is 2.79. The maximum Gasteiger partial charge on any atom is 0.223 e. The molecule has 0 bridgehead atoms. The molecule has 0 spiro atoms. The Balaban J connectivity index is 1.96. The van der Waals surface area contributed by atoms with E-state index in [-0.39, 0.29) is 5.91 Å². The van der Waals surface area contributed by atoms with Crippen molar-refractivity contribution in [1.82, 2.24) is 15.1 Å². The molecule has 1 amide bonds. The number of hydrogen-bond donors (Lipinski definition) is 1. The monoisotopic (exact) mass is 367 g/mol. The van der Waals surface area contributed by atoms with Gasteiger partial charge in [0.1, 0.15) is 11.6 Å². The third kappa shape index (κ3) is 5.31. The number of hydrogen-bond acceptors (Lipinski definition) is 3. The normalized spacial score (nSPS) is 15.2. The molecule has 0 atom stereocenters. The lowest BCUT2D eigenvalue weighted by atomic mass is 10.2. The lowest BCUT2D eigenvalue weighted by molar-refractivity contribution is -0.128. The summed E-state index contributed by atoms with van der Waals surface area (Å²) >= 11 is 0. The van der Waals surface area contributed by atoms with Crippen molar-refractivity contribution in [3.8, 4) is 0 Å². The molecule has 1 N–H and O–H groups in total. The standard InChI is InChI=1S/C18H27F2N5O/c1-4-21-18(22-8-7-17(26)23(2)3)25-11-9-24(10-12-25)16-13-14(19)5-6-15(16)20/h5-6,13H,4,7-12H2,1-3H3,(H,21,22). The van der Waals surface area contributed by atoms with Gasteiger partial charge in [-0.3, -0.25) is 9.79 Å². The van der Waals surface area contributed by atoms with Crippen molar-refractivity contribution in [1.29, 1.82) is 0 Å². The predicted molar refractivity (Wildman–Crippen MR) is 99.4 cm³/mol. The number of amides is 1. The maximum atomic E-state index is 13.9. The van der Waals surface area contributed by atoms with Gasteiger partial charge in [0.2, 0.25) is 5.91 Å². The Bertz CT molecular complexity index is 642. The van der Waals surface area contributed by atoms with Gasteiger partial charge in [0.25, 0.3) is 0 Å². The summed E-state index contributed by atoms with van der Waals surface area (Å²) in [5, 5.41) is 3.23. The van der Waals surface area contributed by atoms with E-state index in [2.05, 4.69) is 15.2 Å². The number of benzene rings is 1. The van der Waals surface area contributed by atoms with Gasteiger partial charge in [-0.15, -0.1) is 0 Å². The molecule has 2 rings (SSSR count). The number of aliphatic imine (C=N–C) groups is 1. The number of carbonyl (C=O) groups excluding carboxylic acids is 1. The smallest absolute Gasteiger partial charge is 0.223 e. The van der Waals surface area contributed by atoms with E-state index in [0.29, 0.717) is 44.8 Å². The zero-order valence-electron chi connectivity index (χ0n) is 15.6. The summed E-state index contributed by atoms with van der Waals surface area (Å²) < 4.78 is 27.3. The van der Waals surface area contributed by atoms with Crippen LogP contribution in [0, 0.1) is 11.6 Å². The van der Waals surface area contributed by atoms with Crippen molar-refractivity contribution < 1.29 is 13.6 Å². The minimum absolute atomic E-state index is 0.0380. The molecule has 6 nitrogen and oxygen atoms in total. The number of guanidine groups is 1. The lowest BCUT2D eigenvalue weighted by Crippen LogP contribution is -2.52. The highest BCUT2D eigenvalue weighted by molar-refractivity contribution is 5.81. The number of nitrogens with one attached hydrogen (secondary N) is 1. The van der Waals surface area contributed by atoms with Gasteiger partial charge >= 0.3 is 0 Å². The van der Waals surface area contributed by atoms with Gasteiger partial charge in [-0.25, -0.2) is 8.78 Å². The first-order valence-corrected chi connectivity index (χ1v) is 8.85. The highest BCUT2D eigenvalue weighted by Crippen LogP contribution is 2.21. The van der Waals surface area contributed by atoms with Crippen LogP contribution in [-0.2, 0) is 4.79 Å². The van der Waals surface area contributed by atoms with Gasteiger partial charge in [-0.05, 0) is 19.1 Å². The summed E-state index contributed by atoms with van der Waals surface area (Å²) in [7, 11) is 3.45. The Labute approximate surface area is 153 Å². The third-order valence-corrected chi connectivity index (χ3v) is 4.25. The Kier molecular flexibility index (Phi) is 7.17. The van der Waals surface area contributed by atoms with Gasteiger partial charge < -0.3 is 20.0 Å². The van der Waals surface area contributed by atoms with E-state index in [0.717, 1.165) is 24.6 Å². The van der Waals surface area contributed by atoms with E-state index >= 15 is 0 Å². The van der Waals surface area contributed by atoms with Crippen LogP contribution in [0.4, 0.5) is 14.5 Å². The molecule has 0 saturated carbocycles. The molecule has 1 heterocycles. The molecule has 0 unspecified atom stereocenters. The van der Waals surface area contributed by atoms with Crippen LogP contribution in [0.25, 0.3) is 0 Å². The minimum Gasteiger partial charge on any atom is -0.366 e. The van der Waals surface area contributed by atoms with Crippen LogP contribution in [0.2, 0.25) is 0 Å². The molecule has 26 heavy (non-hydrogen) atoms. The first-order valence-electron chi connectivity index (χ1n) is 8.85. The summed E-state index contributed by atoms with van der Waals surface area (Å²) in [6.07, 6.45) is 0.358. The number of nitrogens with zero attached hydrogens (tertiary/aromatic N) is 4. The SMILES string of the molecule is CCNC(=NCCC(=O)N(C)C)N1CCN(c2cc(F)ccc2F)CC1. The molecule has 144 valence electrons. The Morgan fingerprint density at radius 2 is 1.92 bits per heavy atom. The highest BCUT2D eigenvalue weighted by atomic mass is 19.1. The van der Waals surface area contributed by atoms with Crippen LogP contribution < -0.4 is 10.2 Å². The van der Waals surface area contributed by atoms with E-state index < -0.39 is 11.6 Å². The summed E-state index contributed by atoms with van der Waals surface area (Å²) in [4.78, 5) is 21.7. The summed E-state index contributed by atoms with van der Waals surface area (Å²) in [6.45, 7) is 5.55. The summed E-state index contributed by atoms with van der Waals surface area (Å²) in [5.74, 6) is -0.0682. The van der Waals surface area contributed by atoms with Crippen LogP contribution in [0.1, 0.15) is 13.3 Å². The third-order valence-electron chi connectivity index (χ3n) is 4.25. The zero-order valence-corrected chi connectivity index (χ0v) is 15.6. The average Bonchev–Trinajstić information content (AvgIpc) is 2.63. The van der Waals surface area contributed by atoms with Crippen molar-refractivity contribution in [3.05, 3.63) is 29.8 Å². The van der Waals surface area contributed by atoms with Gasteiger partial charge in [-0.2, -0.15) is 0 Å². The second-order valence-corrected chi connectivity index (χ2v) is 6.34. The van der Waals surface area contributed by atoms with Gasteiger partial charge in [0.15, 0.2) is 5.96 Å². The van der Waals surface area contributed by atoms with Crippen LogP contribution in [0.5, 0.6) is 0 Å². The molecule has 1 aromatic rings. The molecule has 1 aliphatic rings. The number of piperazine rings is 1. The van der Waals surface area contributed by atoms with Gasteiger partial charge in [0, 0.05) is 59.3 Å². The van der Waals surface area contributed by atoms with Crippen molar-refractivity contribution >= 4 is 17.6 Å². The van der Waals surface area contributed by atoms with Crippen LogP contribution >= 0.6 is 0 Å². The first-order chi connectivity index (χ1) is 12.4. The molecular formula is C18H27F2N5O. The molecule has 8 heteroatoms. The molecule has 1 saturated heterocycles. The van der Waals surface area contributed by atoms with E-state index in [4.69, 9.17) is 0 Å². The number of carbonyl (C=O) groups is 1. The average molecular weight is 367 g/mol. The fourth-order valence-corrected chi connectivity index (χ4v) is 2.79. The Morgan fingerprint density at radius 3 is 2.54 bits per heavy atom. The lowest BCUT2D eigenvalue weighted by Gasteiger charge is -2.37. The fraction of sp³-hybridized carbons (Fsp3) is 0.556. The van der Waals surface area contributed by atoms with E-state index in [9.17, 15) is 13.6 Å². The molecule has 1 aliphatic heterocycles. The molecule has 0 aliphatic carbocycles. The largest absolute Gasteiger partial charge is 0.366 e.